The summed E-state index contributed by atoms with van der Waals surface area (Å²) in [4.78, 5) is 10.6. The smallest absolute Gasteiger partial charge is 0.328 e. The van der Waals surface area contributed by atoms with Crippen LogP contribution in [-0.4, -0.2) is 17.6 Å². The van der Waals surface area contributed by atoms with Crippen LogP contribution in [0.1, 0.15) is 76.7 Å². The summed E-state index contributed by atoms with van der Waals surface area (Å²) in [6, 6.07) is 7.81. The summed E-state index contributed by atoms with van der Waals surface area (Å²) in [5.74, 6) is -0.924. The molecule has 1 aromatic carbocycles. The number of benzene rings is 1. The van der Waals surface area contributed by atoms with E-state index in [1.54, 1.807) is 6.08 Å². The van der Waals surface area contributed by atoms with Crippen molar-refractivity contribution in [3.8, 4) is 0 Å². The number of carboxylic acids is 1. The molecule has 0 bridgehead atoms. The molecule has 0 saturated carbocycles. The normalized spacial score (nSPS) is 11.4. The predicted molar refractivity (Wildman–Crippen MR) is 113 cm³/mol. The lowest BCUT2D eigenvalue weighted by Gasteiger charge is -2.06. The largest absolute Gasteiger partial charge is 0.478 e. The Kier molecular flexibility index (Phi) is 12.9. The van der Waals surface area contributed by atoms with Crippen LogP contribution in [-0.2, 0) is 4.79 Å². The van der Waals surface area contributed by atoms with Crippen LogP contribution in [0.4, 0.5) is 5.69 Å². The van der Waals surface area contributed by atoms with Crippen molar-refractivity contribution < 1.29 is 9.90 Å². The number of carboxylic acid groups (broad SMARTS) is 1. The van der Waals surface area contributed by atoms with Crippen molar-refractivity contribution in [2.24, 2.45) is 0 Å². The molecule has 3 nitrogen and oxygen atoms in total. The molecule has 0 amide bonds. The Labute approximate surface area is 159 Å². The molecular formula is C23H35NO2. The van der Waals surface area contributed by atoms with E-state index in [2.05, 4.69) is 24.4 Å². The van der Waals surface area contributed by atoms with Crippen molar-refractivity contribution in [1.82, 2.24) is 0 Å². The minimum Gasteiger partial charge on any atom is -0.478 e. The molecule has 2 N–H and O–H groups in total. The van der Waals surface area contributed by atoms with E-state index in [-0.39, 0.29) is 0 Å². The second kappa shape index (κ2) is 15.2. The third-order valence-electron chi connectivity index (χ3n) is 4.32. The first-order chi connectivity index (χ1) is 12.7. The first-order valence-corrected chi connectivity index (χ1v) is 10.1. The highest BCUT2D eigenvalue weighted by molar-refractivity contribution is 5.85. The van der Waals surface area contributed by atoms with Gasteiger partial charge >= 0.3 is 5.97 Å². The molecule has 144 valence electrons. The second-order valence-electron chi connectivity index (χ2n) is 6.75. The van der Waals surface area contributed by atoms with Gasteiger partial charge in [-0.05, 0) is 49.5 Å². The van der Waals surface area contributed by atoms with Crippen LogP contribution in [0.25, 0.3) is 6.08 Å². The maximum atomic E-state index is 10.6. The number of hydrogen-bond acceptors (Lipinski definition) is 2. The van der Waals surface area contributed by atoms with Gasteiger partial charge in [-0.25, -0.2) is 4.79 Å². The van der Waals surface area contributed by atoms with Gasteiger partial charge in [-0.3, -0.25) is 0 Å². The molecule has 26 heavy (non-hydrogen) atoms. The summed E-state index contributed by atoms with van der Waals surface area (Å²) >= 11 is 0. The lowest BCUT2D eigenvalue weighted by molar-refractivity contribution is -0.131. The first kappa shape index (κ1) is 22.0. The number of hydrogen-bond donors (Lipinski definition) is 2. The number of rotatable bonds is 15. The molecule has 0 aromatic heterocycles. The minimum atomic E-state index is -0.924. The Morgan fingerprint density at radius 1 is 1.00 bits per heavy atom. The molecule has 0 radical (unpaired) electrons. The third kappa shape index (κ3) is 12.3. The van der Waals surface area contributed by atoms with Crippen molar-refractivity contribution in [3.63, 3.8) is 0 Å². The molecule has 0 heterocycles. The van der Waals surface area contributed by atoms with Gasteiger partial charge in [-0.1, -0.05) is 69.7 Å². The fraction of sp³-hybridized carbons (Fsp3) is 0.522. The standard InChI is InChI=1S/C23H35NO2/c1-2-3-4-5-6-7-8-9-10-11-12-13-19-24-22-16-14-15-21(20-22)17-18-23(25)26/h10-11,14-18,20,24H,2-9,12-13,19H2,1H3,(H,25,26). The van der Waals surface area contributed by atoms with Crippen LogP contribution in [0, 0.1) is 0 Å². The lowest BCUT2D eigenvalue weighted by Crippen LogP contribution is -2.00. The summed E-state index contributed by atoms with van der Waals surface area (Å²) in [5, 5.41) is 12.1. The van der Waals surface area contributed by atoms with Crippen molar-refractivity contribution in [2.45, 2.75) is 71.1 Å². The maximum Gasteiger partial charge on any atom is 0.328 e. The van der Waals surface area contributed by atoms with E-state index in [0.717, 1.165) is 36.7 Å². The van der Waals surface area contributed by atoms with E-state index in [1.807, 2.05) is 24.3 Å². The number of anilines is 1. The summed E-state index contributed by atoms with van der Waals surface area (Å²) in [6.07, 6.45) is 20.4. The molecule has 1 rings (SSSR count). The third-order valence-corrected chi connectivity index (χ3v) is 4.32. The monoisotopic (exact) mass is 357 g/mol. The van der Waals surface area contributed by atoms with Gasteiger partial charge in [0.15, 0.2) is 0 Å². The quantitative estimate of drug-likeness (QED) is 0.209. The van der Waals surface area contributed by atoms with Crippen LogP contribution in [0.2, 0.25) is 0 Å². The van der Waals surface area contributed by atoms with E-state index in [4.69, 9.17) is 5.11 Å². The SMILES string of the molecule is CCCCCCCCCC=CCCCNc1cccc(C=CC(=O)O)c1. The van der Waals surface area contributed by atoms with Gasteiger partial charge in [0.1, 0.15) is 0 Å². The number of carbonyl (C=O) groups is 1. The lowest BCUT2D eigenvalue weighted by atomic mass is 10.1. The molecule has 0 aliphatic rings. The highest BCUT2D eigenvalue weighted by Gasteiger charge is 1.94. The molecule has 0 fully saturated rings. The summed E-state index contributed by atoms with van der Waals surface area (Å²) < 4.78 is 0. The number of unbranched alkanes of at least 4 members (excludes halogenated alkanes) is 8. The zero-order valence-corrected chi connectivity index (χ0v) is 16.3. The average Bonchev–Trinajstić information content (AvgIpc) is 2.64. The molecule has 3 heteroatoms. The van der Waals surface area contributed by atoms with Crippen LogP contribution >= 0.6 is 0 Å². The van der Waals surface area contributed by atoms with Crippen molar-refractivity contribution in [2.75, 3.05) is 11.9 Å². The summed E-state index contributed by atoms with van der Waals surface area (Å²) in [7, 11) is 0. The minimum absolute atomic E-state index is 0.895. The highest BCUT2D eigenvalue weighted by Crippen LogP contribution is 2.12. The fourth-order valence-electron chi connectivity index (χ4n) is 2.83. The maximum absolute atomic E-state index is 10.6. The van der Waals surface area contributed by atoms with Gasteiger partial charge in [0.05, 0.1) is 0 Å². The van der Waals surface area contributed by atoms with Gasteiger partial charge < -0.3 is 10.4 Å². The van der Waals surface area contributed by atoms with Gasteiger partial charge in [0.25, 0.3) is 0 Å². The van der Waals surface area contributed by atoms with Crippen LogP contribution < -0.4 is 5.32 Å². The fourth-order valence-corrected chi connectivity index (χ4v) is 2.83. The Morgan fingerprint density at radius 3 is 2.42 bits per heavy atom. The molecule has 0 spiro atoms. The van der Waals surface area contributed by atoms with Gasteiger partial charge in [0, 0.05) is 18.3 Å². The van der Waals surface area contributed by atoms with Crippen LogP contribution in [0.5, 0.6) is 0 Å². The molecule has 0 aliphatic heterocycles. The molecule has 0 aliphatic carbocycles. The average molecular weight is 358 g/mol. The topological polar surface area (TPSA) is 49.3 Å². The zero-order chi connectivity index (χ0) is 18.9. The predicted octanol–water partition coefficient (Wildman–Crippen LogP) is 6.67. The first-order valence-electron chi connectivity index (χ1n) is 10.1. The van der Waals surface area contributed by atoms with Crippen LogP contribution in [0.3, 0.4) is 0 Å². The number of allylic oxidation sites excluding steroid dienone is 2. The summed E-state index contributed by atoms with van der Waals surface area (Å²) in [5.41, 5.74) is 1.93. The van der Waals surface area contributed by atoms with Crippen molar-refractivity contribution in [3.05, 3.63) is 48.1 Å². The highest BCUT2D eigenvalue weighted by atomic mass is 16.4. The van der Waals surface area contributed by atoms with Gasteiger partial charge in [-0.15, -0.1) is 0 Å². The molecule has 1 aromatic rings. The van der Waals surface area contributed by atoms with Crippen LogP contribution in [0.15, 0.2) is 42.5 Å². The van der Waals surface area contributed by atoms with E-state index >= 15 is 0 Å². The zero-order valence-electron chi connectivity index (χ0n) is 16.3. The number of nitrogens with one attached hydrogen (secondary N) is 1. The Hall–Kier alpha value is -2.03. The summed E-state index contributed by atoms with van der Waals surface area (Å²) in [6.45, 7) is 3.19. The molecule has 0 unspecified atom stereocenters. The Morgan fingerprint density at radius 2 is 1.69 bits per heavy atom. The van der Waals surface area contributed by atoms with Crippen molar-refractivity contribution in [1.29, 1.82) is 0 Å². The van der Waals surface area contributed by atoms with Crippen molar-refractivity contribution >= 4 is 17.7 Å². The second-order valence-corrected chi connectivity index (χ2v) is 6.75. The Balaban J connectivity index is 2.05. The van der Waals surface area contributed by atoms with Gasteiger partial charge in [-0.2, -0.15) is 0 Å². The van der Waals surface area contributed by atoms with E-state index in [9.17, 15) is 4.79 Å². The van der Waals surface area contributed by atoms with E-state index in [1.165, 1.54) is 51.4 Å². The molecular weight excluding hydrogens is 322 g/mol. The number of aliphatic carboxylic acids is 1. The molecule has 0 saturated heterocycles. The molecule has 0 atom stereocenters. The van der Waals surface area contributed by atoms with E-state index in [0.29, 0.717) is 0 Å². The Bertz CT molecular complexity index is 549. The van der Waals surface area contributed by atoms with E-state index < -0.39 is 5.97 Å². The van der Waals surface area contributed by atoms with Gasteiger partial charge in [0.2, 0.25) is 0 Å².